The van der Waals surface area contributed by atoms with Crippen LogP contribution in [0.15, 0.2) is 36.5 Å². The fourth-order valence-corrected chi connectivity index (χ4v) is 3.39. The Morgan fingerprint density at radius 1 is 1.19 bits per heavy atom. The molecule has 0 saturated heterocycles. The Bertz CT molecular complexity index is 811. The van der Waals surface area contributed by atoms with Crippen LogP contribution in [0.3, 0.4) is 0 Å². The van der Waals surface area contributed by atoms with E-state index in [0.29, 0.717) is 22.2 Å². The number of nitrogens with zero attached hydrogens (tertiary/aromatic N) is 1. The van der Waals surface area contributed by atoms with E-state index < -0.39 is 23.2 Å². The summed E-state index contributed by atoms with van der Waals surface area (Å²) < 4.78 is 39.2. The first-order valence-electron chi connectivity index (χ1n) is 7.55. The van der Waals surface area contributed by atoms with Crippen molar-refractivity contribution in [2.75, 3.05) is 0 Å². The molecular formula is C18H17Cl2F3N2O. The van der Waals surface area contributed by atoms with Crippen LogP contribution in [0.2, 0.25) is 10.0 Å². The van der Waals surface area contributed by atoms with Gasteiger partial charge in [0, 0.05) is 18.2 Å². The average molecular weight is 405 g/mol. The molecule has 2 atom stereocenters. The van der Waals surface area contributed by atoms with Gasteiger partial charge in [-0.2, -0.15) is 13.2 Å². The number of benzene rings is 1. The highest BCUT2D eigenvalue weighted by Crippen LogP contribution is 2.40. The maximum absolute atomic E-state index is 13.1. The lowest BCUT2D eigenvalue weighted by atomic mass is 9.77. The fraction of sp³-hybridized carbons (Fsp3) is 0.333. The van der Waals surface area contributed by atoms with Crippen molar-refractivity contribution >= 4 is 29.1 Å². The van der Waals surface area contributed by atoms with Gasteiger partial charge in [-0.25, -0.2) is 0 Å². The van der Waals surface area contributed by atoms with Gasteiger partial charge in [0.05, 0.1) is 26.9 Å². The Labute approximate surface area is 159 Å². The number of nitrogens with one attached hydrogen (secondary N) is 1. The van der Waals surface area contributed by atoms with Crippen molar-refractivity contribution in [1.29, 1.82) is 0 Å². The molecular weight excluding hydrogens is 388 g/mol. The first-order valence-corrected chi connectivity index (χ1v) is 8.31. The second kappa shape index (κ2) is 7.84. The van der Waals surface area contributed by atoms with Crippen molar-refractivity contribution in [1.82, 2.24) is 10.3 Å². The SMILES string of the molecule is C.O=C(N[C@@H]1CC[C@@H]1c1ncc(Cl)cc1Cl)c1ccccc1C(F)(F)F. The highest BCUT2D eigenvalue weighted by molar-refractivity contribution is 6.34. The third kappa shape index (κ3) is 4.13. The third-order valence-corrected chi connectivity index (χ3v) is 4.76. The minimum atomic E-state index is -4.59. The molecule has 0 radical (unpaired) electrons. The summed E-state index contributed by atoms with van der Waals surface area (Å²) >= 11 is 12.0. The van der Waals surface area contributed by atoms with E-state index in [1.54, 1.807) is 6.07 Å². The standard InChI is InChI=1S/C17H13Cl2F3N2O.CH4/c18-9-7-13(19)15(23-8-9)11-5-6-14(11)24-16(25)10-3-1-2-4-12(10)17(20,21)22;/h1-4,7-8,11,14H,5-6H2,(H,24,25);1H4/t11-,14+;/m0./s1. The summed E-state index contributed by atoms with van der Waals surface area (Å²) in [4.78, 5) is 16.5. The van der Waals surface area contributed by atoms with Crippen molar-refractivity contribution < 1.29 is 18.0 Å². The molecule has 0 spiro atoms. The van der Waals surface area contributed by atoms with Crippen molar-refractivity contribution in [2.24, 2.45) is 0 Å². The molecule has 26 heavy (non-hydrogen) atoms. The number of aromatic nitrogens is 1. The van der Waals surface area contributed by atoms with Crippen molar-refractivity contribution in [3.8, 4) is 0 Å². The lowest BCUT2D eigenvalue weighted by molar-refractivity contribution is -0.137. The molecule has 1 aromatic carbocycles. The van der Waals surface area contributed by atoms with E-state index in [-0.39, 0.29) is 19.4 Å². The van der Waals surface area contributed by atoms with Crippen LogP contribution in [0.4, 0.5) is 13.2 Å². The van der Waals surface area contributed by atoms with Crippen LogP contribution in [0.25, 0.3) is 0 Å². The summed E-state index contributed by atoms with van der Waals surface area (Å²) in [6.07, 6.45) is -1.75. The van der Waals surface area contributed by atoms with Gasteiger partial charge >= 0.3 is 6.18 Å². The van der Waals surface area contributed by atoms with Crippen LogP contribution in [-0.2, 0) is 6.18 Å². The summed E-state index contributed by atoms with van der Waals surface area (Å²) in [5, 5.41) is 3.44. The zero-order valence-electron chi connectivity index (χ0n) is 12.8. The van der Waals surface area contributed by atoms with Crippen LogP contribution >= 0.6 is 23.2 Å². The quantitative estimate of drug-likeness (QED) is 0.710. The van der Waals surface area contributed by atoms with E-state index in [9.17, 15) is 18.0 Å². The molecule has 0 aliphatic heterocycles. The van der Waals surface area contributed by atoms with E-state index in [1.165, 1.54) is 24.4 Å². The van der Waals surface area contributed by atoms with E-state index >= 15 is 0 Å². The number of pyridine rings is 1. The predicted octanol–water partition coefficient (Wildman–Crippen LogP) is 5.72. The lowest BCUT2D eigenvalue weighted by Crippen LogP contribution is -2.46. The number of hydrogen-bond acceptors (Lipinski definition) is 2. The van der Waals surface area contributed by atoms with Crippen molar-refractivity contribution in [3.63, 3.8) is 0 Å². The van der Waals surface area contributed by atoms with Crippen LogP contribution in [0.1, 0.15) is 47.8 Å². The number of halogens is 5. The Balaban J connectivity index is 0.00000243. The second-order valence-electron chi connectivity index (χ2n) is 5.83. The van der Waals surface area contributed by atoms with Crippen LogP contribution in [-0.4, -0.2) is 16.9 Å². The summed E-state index contributed by atoms with van der Waals surface area (Å²) in [6.45, 7) is 0. The molecule has 1 N–H and O–H groups in total. The number of rotatable bonds is 3. The summed E-state index contributed by atoms with van der Waals surface area (Å²) in [6, 6.07) is 5.95. The maximum Gasteiger partial charge on any atom is 0.417 e. The normalized spacial score (nSPS) is 19.3. The minimum Gasteiger partial charge on any atom is -0.349 e. The van der Waals surface area contributed by atoms with Gasteiger partial charge in [0.15, 0.2) is 0 Å². The Morgan fingerprint density at radius 2 is 1.88 bits per heavy atom. The number of carbonyl (C=O) groups excluding carboxylic acids is 1. The topological polar surface area (TPSA) is 42.0 Å². The Morgan fingerprint density at radius 3 is 2.46 bits per heavy atom. The van der Waals surface area contributed by atoms with Gasteiger partial charge in [-0.15, -0.1) is 0 Å². The summed E-state index contributed by atoms with van der Waals surface area (Å²) in [5.74, 6) is -0.903. The highest BCUT2D eigenvalue weighted by atomic mass is 35.5. The number of carbonyl (C=O) groups is 1. The van der Waals surface area contributed by atoms with E-state index in [1.807, 2.05) is 0 Å². The molecule has 1 heterocycles. The third-order valence-electron chi connectivity index (χ3n) is 4.26. The van der Waals surface area contributed by atoms with E-state index in [0.717, 1.165) is 12.5 Å². The Hall–Kier alpha value is -1.79. The van der Waals surface area contributed by atoms with Crippen LogP contribution in [0.5, 0.6) is 0 Å². The molecule has 1 saturated carbocycles. The monoisotopic (exact) mass is 404 g/mol. The van der Waals surface area contributed by atoms with Gasteiger partial charge in [-0.3, -0.25) is 9.78 Å². The number of hydrogen-bond donors (Lipinski definition) is 1. The van der Waals surface area contributed by atoms with Gasteiger partial charge in [0.1, 0.15) is 0 Å². The van der Waals surface area contributed by atoms with Crippen molar-refractivity contribution in [2.45, 2.75) is 38.4 Å². The molecule has 1 aliphatic carbocycles. The Kier molecular flexibility index (Phi) is 6.19. The van der Waals surface area contributed by atoms with Gasteiger partial charge in [0.25, 0.3) is 5.91 Å². The molecule has 0 unspecified atom stereocenters. The minimum absolute atomic E-state index is 0. The largest absolute Gasteiger partial charge is 0.417 e. The molecule has 1 fully saturated rings. The van der Waals surface area contributed by atoms with E-state index in [4.69, 9.17) is 23.2 Å². The first-order chi connectivity index (χ1) is 11.8. The van der Waals surface area contributed by atoms with Crippen LogP contribution < -0.4 is 5.32 Å². The molecule has 8 heteroatoms. The average Bonchev–Trinajstić information content (AvgIpc) is 2.53. The fourth-order valence-electron chi connectivity index (χ4n) is 2.87. The number of amides is 1. The summed E-state index contributed by atoms with van der Waals surface area (Å²) in [7, 11) is 0. The second-order valence-corrected chi connectivity index (χ2v) is 6.67. The molecule has 0 bridgehead atoms. The van der Waals surface area contributed by atoms with Gasteiger partial charge in [-0.05, 0) is 31.0 Å². The summed E-state index contributed by atoms with van der Waals surface area (Å²) in [5.41, 5.74) is -0.756. The number of alkyl halides is 3. The van der Waals surface area contributed by atoms with Crippen molar-refractivity contribution in [3.05, 3.63) is 63.4 Å². The van der Waals surface area contributed by atoms with E-state index in [2.05, 4.69) is 10.3 Å². The maximum atomic E-state index is 13.1. The zero-order chi connectivity index (χ0) is 18.2. The van der Waals surface area contributed by atoms with Gasteiger partial charge < -0.3 is 5.32 Å². The molecule has 1 aromatic heterocycles. The molecule has 3 nitrogen and oxygen atoms in total. The first kappa shape index (κ1) is 20.5. The molecule has 1 aliphatic rings. The smallest absolute Gasteiger partial charge is 0.349 e. The van der Waals surface area contributed by atoms with Crippen LogP contribution in [0, 0.1) is 0 Å². The van der Waals surface area contributed by atoms with Gasteiger partial charge in [0.2, 0.25) is 0 Å². The predicted molar refractivity (Wildman–Crippen MR) is 95.7 cm³/mol. The molecule has 140 valence electrons. The van der Waals surface area contributed by atoms with Gasteiger partial charge in [-0.1, -0.05) is 42.8 Å². The molecule has 1 amide bonds. The lowest BCUT2D eigenvalue weighted by Gasteiger charge is -2.37. The molecule has 2 aromatic rings. The molecule has 3 rings (SSSR count). The highest BCUT2D eigenvalue weighted by Gasteiger charge is 2.38. The zero-order valence-corrected chi connectivity index (χ0v) is 14.3.